The Labute approximate surface area is 87.8 Å². The van der Waals surface area contributed by atoms with Crippen molar-refractivity contribution in [3.05, 3.63) is 29.1 Å². The summed E-state index contributed by atoms with van der Waals surface area (Å²) in [5.41, 5.74) is -1.54. The van der Waals surface area contributed by atoms with Gasteiger partial charge < -0.3 is 4.74 Å². The van der Waals surface area contributed by atoms with E-state index in [4.69, 9.17) is 4.74 Å². The van der Waals surface area contributed by atoms with E-state index in [0.717, 1.165) is 6.07 Å². The van der Waals surface area contributed by atoms with Crippen LogP contribution in [0.15, 0.2) is 12.1 Å². The number of benzene rings is 1. The van der Waals surface area contributed by atoms with Gasteiger partial charge in [-0.25, -0.2) is 4.39 Å². The van der Waals surface area contributed by atoms with Crippen LogP contribution in [0.3, 0.4) is 0 Å². The molecule has 2 nitrogen and oxygen atoms in total. The summed E-state index contributed by atoms with van der Waals surface area (Å²) in [5.74, 6) is -2.52. The summed E-state index contributed by atoms with van der Waals surface area (Å²) in [6, 6.07) is 1.50. The van der Waals surface area contributed by atoms with Crippen LogP contribution < -0.4 is 4.74 Å². The Morgan fingerprint density at radius 2 is 1.94 bits per heavy atom. The van der Waals surface area contributed by atoms with Crippen molar-refractivity contribution in [2.24, 2.45) is 0 Å². The van der Waals surface area contributed by atoms with Crippen molar-refractivity contribution in [2.45, 2.75) is 12.6 Å². The number of rotatable bonds is 0. The molecule has 1 aromatic carbocycles. The zero-order chi connectivity index (χ0) is 11.9. The van der Waals surface area contributed by atoms with Gasteiger partial charge in [0.1, 0.15) is 0 Å². The Kier molecular flexibility index (Phi) is 2.36. The number of alkyl halides is 3. The number of carbonyl (C=O) groups excluding carboxylic acids is 1. The van der Waals surface area contributed by atoms with E-state index < -0.39 is 29.1 Å². The number of carbonyl (C=O) groups is 1. The average Bonchev–Trinajstić information content (AvgIpc) is 2.18. The first kappa shape index (κ1) is 10.9. The Balaban J connectivity index is 2.60. The fraction of sp³-hybridized carbons (Fsp3) is 0.300. The van der Waals surface area contributed by atoms with Crippen LogP contribution in [0.5, 0.6) is 5.75 Å². The Morgan fingerprint density at radius 1 is 1.25 bits per heavy atom. The second-order valence-corrected chi connectivity index (χ2v) is 3.32. The Hall–Kier alpha value is -1.59. The first-order valence-corrected chi connectivity index (χ1v) is 4.47. The van der Waals surface area contributed by atoms with Crippen LogP contribution in [0.4, 0.5) is 17.6 Å². The Morgan fingerprint density at radius 3 is 2.56 bits per heavy atom. The molecule has 0 fully saturated rings. The standard InChI is InChI=1S/C10H6F4O2/c11-8-6(10(12,13)14)2-1-5-7(15)3-4-16-9(5)8/h1-2H,3-4H2. The molecule has 0 N–H and O–H groups in total. The highest BCUT2D eigenvalue weighted by atomic mass is 19.4. The molecule has 0 amide bonds. The highest BCUT2D eigenvalue weighted by molar-refractivity contribution is 5.99. The normalized spacial score (nSPS) is 15.6. The Bertz CT molecular complexity index is 451. The maximum atomic E-state index is 13.4. The van der Waals surface area contributed by atoms with Gasteiger partial charge in [-0.2, -0.15) is 13.2 Å². The van der Waals surface area contributed by atoms with Crippen LogP contribution in [0.1, 0.15) is 22.3 Å². The van der Waals surface area contributed by atoms with E-state index in [2.05, 4.69) is 0 Å². The third-order valence-electron chi connectivity index (χ3n) is 2.28. The molecule has 0 saturated carbocycles. The predicted molar refractivity (Wildman–Crippen MR) is 45.8 cm³/mol. The number of fused-ring (bicyclic) bond motifs is 1. The molecule has 2 rings (SSSR count). The maximum Gasteiger partial charge on any atom is 0.419 e. The molecule has 1 aliphatic heterocycles. The van der Waals surface area contributed by atoms with Gasteiger partial charge in [0.05, 0.1) is 17.7 Å². The maximum absolute atomic E-state index is 13.4. The van der Waals surface area contributed by atoms with Gasteiger partial charge in [0.25, 0.3) is 0 Å². The van der Waals surface area contributed by atoms with E-state index >= 15 is 0 Å². The molecule has 0 spiro atoms. The second-order valence-electron chi connectivity index (χ2n) is 3.32. The molecule has 0 atom stereocenters. The van der Waals surface area contributed by atoms with Gasteiger partial charge >= 0.3 is 6.18 Å². The van der Waals surface area contributed by atoms with Crippen LogP contribution in [0.2, 0.25) is 0 Å². The lowest BCUT2D eigenvalue weighted by atomic mass is 10.0. The van der Waals surface area contributed by atoms with Crippen molar-refractivity contribution in [3.8, 4) is 5.75 Å². The zero-order valence-corrected chi connectivity index (χ0v) is 7.90. The highest BCUT2D eigenvalue weighted by Crippen LogP contribution is 2.38. The summed E-state index contributed by atoms with van der Waals surface area (Å²) in [6.07, 6.45) is -4.74. The van der Waals surface area contributed by atoms with Crippen molar-refractivity contribution >= 4 is 5.78 Å². The molecule has 16 heavy (non-hydrogen) atoms. The van der Waals surface area contributed by atoms with Crippen LogP contribution in [-0.4, -0.2) is 12.4 Å². The van der Waals surface area contributed by atoms with E-state index in [1.807, 2.05) is 0 Å². The van der Waals surface area contributed by atoms with Gasteiger partial charge in [-0.1, -0.05) is 0 Å². The molecular weight excluding hydrogens is 228 g/mol. The van der Waals surface area contributed by atoms with Crippen molar-refractivity contribution in [1.82, 2.24) is 0 Å². The van der Waals surface area contributed by atoms with Crippen LogP contribution in [0, 0.1) is 5.82 Å². The van der Waals surface area contributed by atoms with Gasteiger partial charge in [0.2, 0.25) is 0 Å². The molecule has 6 heteroatoms. The van der Waals surface area contributed by atoms with E-state index in [1.54, 1.807) is 0 Å². The number of Topliss-reactive ketones (excluding diaryl/α,β-unsaturated/α-hetero) is 1. The molecule has 0 saturated heterocycles. The highest BCUT2D eigenvalue weighted by Gasteiger charge is 2.37. The number of halogens is 4. The minimum absolute atomic E-state index is 0.0534. The first-order chi connectivity index (χ1) is 7.41. The monoisotopic (exact) mass is 234 g/mol. The molecule has 0 unspecified atom stereocenters. The van der Waals surface area contributed by atoms with Gasteiger partial charge in [-0.15, -0.1) is 0 Å². The SMILES string of the molecule is O=C1CCOc2c1ccc(C(F)(F)F)c2F. The molecule has 1 aliphatic rings. The van der Waals surface area contributed by atoms with E-state index in [9.17, 15) is 22.4 Å². The van der Waals surface area contributed by atoms with E-state index in [0.29, 0.717) is 6.07 Å². The minimum Gasteiger partial charge on any atom is -0.489 e. The quantitative estimate of drug-likeness (QED) is 0.645. The molecule has 1 aromatic rings. The summed E-state index contributed by atoms with van der Waals surface area (Å²) >= 11 is 0. The van der Waals surface area contributed by atoms with Crippen LogP contribution in [0.25, 0.3) is 0 Å². The van der Waals surface area contributed by atoms with Crippen LogP contribution in [-0.2, 0) is 6.18 Å². The van der Waals surface area contributed by atoms with E-state index in [-0.39, 0.29) is 18.6 Å². The van der Waals surface area contributed by atoms with E-state index in [1.165, 1.54) is 0 Å². The summed E-state index contributed by atoms with van der Waals surface area (Å²) < 4.78 is 55.2. The predicted octanol–water partition coefficient (Wildman–Crippen LogP) is 2.81. The fourth-order valence-electron chi connectivity index (χ4n) is 1.52. The second kappa shape index (κ2) is 3.47. The van der Waals surface area contributed by atoms with Gasteiger partial charge in [-0.3, -0.25) is 4.79 Å². The number of hydrogen-bond donors (Lipinski definition) is 0. The molecule has 86 valence electrons. The van der Waals surface area contributed by atoms with Crippen LogP contribution >= 0.6 is 0 Å². The lowest BCUT2D eigenvalue weighted by molar-refractivity contribution is -0.140. The van der Waals surface area contributed by atoms with Gasteiger partial charge in [-0.05, 0) is 12.1 Å². The average molecular weight is 234 g/mol. The van der Waals surface area contributed by atoms with Gasteiger partial charge in [0.15, 0.2) is 17.3 Å². The lowest BCUT2D eigenvalue weighted by Gasteiger charge is -2.19. The zero-order valence-electron chi connectivity index (χ0n) is 7.90. The molecular formula is C10H6F4O2. The number of hydrogen-bond acceptors (Lipinski definition) is 2. The third-order valence-corrected chi connectivity index (χ3v) is 2.28. The van der Waals surface area contributed by atoms with Gasteiger partial charge in [0, 0.05) is 6.42 Å². The fourth-order valence-corrected chi connectivity index (χ4v) is 1.52. The number of ether oxygens (including phenoxy) is 1. The van der Waals surface area contributed by atoms with Crippen molar-refractivity contribution in [1.29, 1.82) is 0 Å². The smallest absolute Gasteiger partial charge is 0.419 e. The molecule has 1 heterocycles. The molecule has 0 aromatic heterocycles. The van der Waals surface area contributed by atoms with Crippen molar-refractivity contribution in [3.63, 3.8) is 0 Å². The molecule has 0 aliphatic carbocycles. The topological polar surface area (TPSA) is 26.3 Å². The van der Waals surface area contributed by atoms with Crippen molar-refractivity contribution in [2.75, 3.05) is 6.61 Å². The largest absolute Gasteiger partial charge is 0.489 e. The van der Waals surface area contributed by atoms with Crippen molar-refractivity contribution < 1.29 is 27.1 Å². The summed E-state index contributed by atoms with van der Waals surface area (Å²) in [5, 5.41) is 0. The first-order valence-electron chi connectivity index (χ1n) is 4.47. The summed E-state index contributed by atoms with van der Waals surface area (Å²) in [7, 11) is 0. The molecule has 0 radical (unpaired) electrons. The minimum atomic E-state index is -4.79. The molecule has 0 bridgehead atoms. The number of ketones is 1. The third kappa shape index (κ3) is 1.64. The summed E-state index contributed by atoms with van der Waals surface area (Å²) in [4.78, 5) is 11.3. The summed E-state index contributed by atoms with van der Waals surface area (Å²) in [6.45, 7) is -0.0932. The lowest BCUT2D eigenvalue weighted by Crippen LogP contribution is -2.19.